The molecule has 0 aliphatic carbocycles. The predicted octanol–water partition coefficient (Wildman–Crippen LogP) is 1.79. The lowest BCUT2D eigenvalue weighted by Crippen LogP contribution is -2.21. The first-order chi connectivity index (χ1) is 8.58. The highest BCUT2D eigenvalue weighted by molar-refractivity contribution is 6.31. The highest BCUT2D eigenvalue weighted by Gasteiger charge is 2.16. The summed E-state index contributed by atoms with van der Waals surface area (Å²) < 4.78 is 6.41. The Hall–Kier alpha value is -2.34. The molecule has 6 nitrogen and oxygen atoms in total. The average Bonchev–Trinajstić information content (AvgIpc) is 2.67. The fourth-order valence-corrected chi connectivity index (χ4v) is 1.89. The molecule has 90 valence electrons. The molecule has 1 aromatic carbocycles. The molecule has 0 fully saturated rings. The molecule has 0 unspecified atom stereocenters. The minimum absolute atomic E-state index is 0.0299. The number of rotatable bonds is 1. The van der Waals surface area contributed by atoms with Gasteiger partial charge in [0.25, 0.3) is 5.56 Å². The number of nitrogens with zero attached hydrogens (tertiary/aromatic N) is 2. The number of hydrogen-bond donors (Lipinski definition) is 1. The van der Waals surface area contributed by atoms with Crippen molar-refractivity contribution < 1.29 is 14.3 Å². The fraction of sp³-hybridized carbons (Fsp3) is 0. The molecule has 0 bridgehead atoms. The molecule has 1 N–H and O–H groups in total. The van der Waals surface area contributed by atoms with Gasteiger partial charge in [0, 0.05) is 5.02 Å². The van der Waals surface area contributed by atoms with E-state index in [2.05, 4.69) is 4.98 Å². The maximum absolute atomic E-state index is 12.0. The monoisotopic (exact) mass is 264 g/mol. The van der Waals surface area contributed by atoms with Gasteiger partial charge in [0.05, 0.1) is 11.7 Å². The Labute approximate surface area is 104 Å². The van der Waals surface area contributed by atoms with E-state index in [1.54, 1.807) is 12.1 Å². The third-order valence-corrected chi connectivity index (χ3v) is 2.76. The minimum Gasteiger partial charge on any atom is -0.477 e. The Bertz CT molecular complexity index is 849. The summed E-state index contributed by atoms with van der Waals surface area (Å²) in [5, 5.41) is 9.29. The second kappa shape index (κ2) is 3.58. The summed E-state index contributed by atoms with van der Waals surface area (Å²) in [5.41, 5.74) is -0.326. The molecule has 3 rings (SSSR count). The number of hydrogen-bond acceptors (Lipinski definition) is 4. The Morgan fingerprint density at radius 1 is 1.44 bits per heavy atom. The smallest absolute Gasteiger partial charge is 0.342 e. The summed E-state index contributed by atoms with van der Waals surface area (Å²) in [6.45, 7) is 0. The van der Waals surface area contributed by atoms with Gasteiger partial charge in [0.2, 0.25) is 0 Å². The molecular formula is C11H5ClN2O4. The first-order valence-corrected chi connectivity index (χ1v) is 5.29. The van der Waals surface area contributed by atoms with Crippen LogP contribution in [0.25, 0.3) is 16.9 Å². The van der Waals surface area contributed by atoms with E-state index < -0.39 is 17.1 Å². The summed E-state index contributed by atoms with van der Waals surface area (Å²) in [5.74, 6) is -1.31. The lowest BCUT2D eigenvalue weighted by molar-refractivity contribution is 0.0694. The van der Waals surface area contributed by atoms with E-state index in [0.29, 0.717) is 16.1 Å². The molecule has 0 saturated heterocycles. The average molecular weight is 265 g/mol. The van der Waals surface area contributed by atoms with Crippen molar-refractivity contribution in [3.8, 4) is 0 Å². The number of carbonyl (C=O) groups is 1. The van der Waals surface area contributed by atoms with Crippen molar-refractivity contribution in [1.82, 2.24) is 9.38 Å². The zero-order valence-corrected chi connectivity index (χ0v) is 9.51. The summed E-state index contributed by atoms with van der Waals surface area (Å²) in [7, 11) is 0. The van der Waals surface area contributed by atoms with Crippen molar-refractivity contribution in [2.24, 2.45) is 0 Å². The van der Waals surface area contributed by atoms with Crippen molar-refractivity contribution in [1.29, 1.82) is 0 Å². The summed E-state index contributed by atoms with van der Waals surface area (Å²) in [6, 6.07) is 4.71. The first-order valence-electron chi connectivity index (χ1n) is 4.91. The third-order valence-electron chi connectivity index (χ3n) is 2.52. The lowest BCUT2D eigenvalue weighted by Gasteiger charge is -1.95. The van der Waals surface area contributed by atoms with Crippen LogP contribution in [0.2, 0.25) is 5.02 Å². The molecule has 0 spiro atoms. The van der Waals surface area contributed by atoms with Crippen LogP contribution in [-0.4, -0.2) is 20.5 Å². The number of aromatic carboxylic acids is 1. The quantitative estimate of drug-likeness (QED) is 0.724. The zero-order chi connectivity index (χ0) is 12.9. The molecule has 0 aliphatic rings. The molecule has 2 heterocycles. The van der Waals surface area contributed by atoms with Gasteiger partial charge in [-0.3, -0.25) is 4.79 Å². The number of carboxylic acids is 1. The number of oxazole rings is 1. The normalized spacial score (nSPS) is 11.2. The van der Waals surface area contributed by atoms with Crippen molar-refractivity contribution in [2.75, 3.05) is 0 Å². The van der Waals surface area contributed by atoms with E-state index in [1.165, 1.54) is 6.07 Å². The molecule has 3 aromatic rings. The maximum Gasteiger partial charge on any atom is 0.342 e. The fourth-order valence-electron chi connectivity index (χ4n) is 1.72. The topological polar surface area (TPSA) is 84.8 Å². The maximum atomic E-state index is 12.0. The molecule has 0 saturated carbocycles. The second-order valence-electron chi connectivity index (χ2n) is 3.61. The number of halogens is 1. The van der Waals surface area contributed by atoms with E-state index in [-0.39, 0.29) is 5.84 Å². The van der Waals surface area contributed by atoms with Crippen molar-refractivity contribution in [2.45, 2.75) is 0 Å². The summed E-state index contributed by atoms with van der Waals surface area (Å²) in [4.78, 5) is 26.7. The lowest BCUT2D eigenvalue weighted by atomic mass is 10.3. The van der Waals surface area contributed by atoms with Crippen LogP contribution in [0.4, 0.5) is 0 Å². The van der Waals surface area contributed by atoms with Gasteiger partial charge >= 0.3 is 11.8 Å². The van der Waals surface area contributed by atoms with Crippen molar-refractivity contribution in [3.63, 3.8) is 0 Å². The molecule has 7 heteroatoms. The van der Waals surface area contributed by atoms with Gasteiger partial charge in [0.15, 0.2) is 5.58 Å². The Balaban J connectivity index is 2.56. The molecule has 0 atom stereocenters. The summed E-state index contributed by atoms with van der Waals surface area (Å²) >= 11 is 5.84. The predicted molar refractivity (Wildman–Crippen MR) is 63.2 cm³/mol. The number of carboxylic acid groups (broad SMARTS) is 1. The van der Waals surface area contributed by atoms with Crippen LogP contribution < -0.4 is 5.56 Å². The number of aromatic nitrogens is 2. The van der Waals surface area contributed by atoms with Crippen molar-refractivity contribution >= 4 is 34.5 Å². The highest BCUT2D eigenvalue weighted by Crippen LogP contribution is 2.21. The van der Waals surface area contributed by atoms with Gasteiger partial charge in [0.1, 0.15) is 5.56 Å². The molecule has 0 amide bonds. The van der Waals surface area contributed by atoms with Crippen LogP contribution >= 0.6 is 11.6 Å². The highest BCUT2D eigenvalue weighted by atomic mass is 35.5. The van der Waals surface area contributed by atoms with E-state index in [0.717, 1.165) is 10.6 Å². The zero-order valence-electron chi connectivity index (χ0n) is 8.75. The second-order valence-corrected chi connectivity index (χ2v) is 4.05. The largest absolute Gasteiger partial charge is 0.477 e. The Morgan fingerprint density at radius 3 is 2.94 bits per heavy atom. The molecule has 2 aromatic heterocycles. The van der Waals surface area contributed by atoms with Crippen LogP contribution in [0.15, 0.2) is 33.6 Å². The number of benzene rings is 1. The van der Waals surface area contributed by atoms with Crippen LogP contribution in [0.3, 0.4) is 0 Å². The van der Waals surface area contributed by atoms with Gasteiger partial charge in [-0.05, 0) is 18.2 Å². The van der Waals surface area contributed by atoms with Crippen LogP contribution in [0.1, 0.15) is 10.4 Å². The van der Waals surface area contributed by atoms with Crippen LogP contribution in [0.5, 0.6) is 0 Å². The van der Waals surface area contributed by atoms with E-state index in [4.69, 9.17) is 21.1 Å². The standard InChI is InChI=1S/C11H5ClN2O4/c12-5-1-2-8-7(3-5)14-9(15)6(10(16)17)4-13-11(14)18-8/h1-4H,(H,16,17). The van der Waals surface area contributed by atoms with Gasteiger partial charge in [-0.1, -0.05) is 11.6 Å². The van der Waals surface area contributed by atoms with E-state index >= 15 is 0 Å². The molecular weight excluding hydrogens is 260 g/mol. The molecule has 18 heavy (non-hydrogen) atoms. The van der Waals surface area contributed by atoms with Crippen molar-refractivity contribution in [3.05, 3.63) is 45.3 Å². The number of fused-ring (bicyclic) bond motifs is 3. The SMILES string of the molecule is O=C(O)c1cnc2oc3ccc(Cl)cc3n2c1=O. The minimum atomic E-state index is -1.33. The van der Waals surface area contributed by atoms with Crippen LogP contribution in [0, 0.1) is 0 Å². The van der Waals surface area contributed by atoms with Gasteiger partial charge in [-0.25, -0.2) is 14.2 Å². The first kappa shape index (κ1) is 10.8. The van der Waals surface area contributed by atoms with Gasteiger partial charge < -0.3 is 9.52 Å². The summed E-state index contributed by atoms with van der Waals surface area (Å²) in [6.07, 6.45) is 0.976. The molecule has 0 radical (unpaired) electrons. The Kier molecular flexibility index (Phi) is 2.14. The Morgan fingerprint density at radius 2 is 2.22 bits per heavy atom. The van der Waals surface area contributed by atoms with Gasteiger partial charge in [-0.15, -0.1) is 0 Å². The third kappa shape index (κ3) is 1.39. The van der Waals surface area contributed by atoms with E-state index in [1.807, 2.05) is 0 Å². The molecule has 0 aliphatic heterocycles. The van der Waals surface area contributed by atoms with Crippen LogP contribution in [-0.2, 0) is 0 Å². The van der Waals surface area contributed by atoms with Gasteiger partial charge in [-0.2, -0.15) is 0 Å². The van der Waals surface area contributed by atoms with E-state index in [9.17, 15) is 9.59 Å².